The molecule has 1 fully saturated rings. The van der Waals surface area contributed by atoms with Crippen molar-refractivity contribution >= 4 is 35.0 Å². The highest BCUT2D eigenvalue weighted by molar-refractivity contribution is 5.84. The van der Waals surface area contributed by atoms with Crippen molar-refractivity contribution in [3.05, 3.63) is 12.7 Å². The van der Waals surface area contributed by atoms with E-state index in [4.69, 9.17) is 4.74 Å². The number of carbonyl (C=O) groups excluding carboxylic acids is 1. The van der Waals surface area contributed by atoms with E-state index in [-0.39, 0.29) is 24.5 Å². The molecule has 1 amide bonds. The van der Waals surface area contributed by atoms with E-state index in [1.165, 1.54) is 17.2 Å². The molecule has 1 aliphatic rings. The molecule has 174 valence electrons. The topological polar surface area (TPSA) is 160 Å². The second-order valence-corrected chi connectivity index (χ2v) is 9.04. The second kappa shape index (κ2) is 9.37. The van der Waals surface area contributed by atoms with Gasteiger partial charge < -0.3 is 29.7 Å². The van der Waals surface area contributed by atoms with Crippen LogP contribution in [0.25, 0.3) is 11.2 Å². The summed E-state index contributed by atoms with van der Waals surface area (Å²) in [7, 11) is 0. The third-order valence-electron chi connectivity index (χ3n) is 5.13. The van der Waals surface area contributed by atoms with Crippen molar-refractivity contribution in [2.24, 2.45) is 11.3 Å². The number of amides is 1. The van der Waals surface area contributed by atoms with Crippen LogP contribution >= 0.6 is 0 Å². The Morgan fingerprint density at radius 2 is 1.88 bits per heavy atom. The molecule has 2 aromatic heterocycles. The van der Waals surface area contributed by atoms with E-state index in [1.807, 2.05) is 25.7 Å². The van der Waals surface area contributed by atoms with Gasteiger partial charge in [0.15, 0.2) is 17.0 Å². The fourth-order valence-corrected chi connectivity index (χ4v) is 3.42. The highest BCUT2D eigenvalue weighted by atomic mass is 16.5. The van der Waals surface area contributed by atoms with E-state index in [9.17, 15) is 24.6 Å². The molecule has 0 bridgehead atoms. The number of alkyl carbamates (subject to hydrolysis) is 1. The first kappa shape index (κ1) is 23.2. The van der Waals surface area contributed by atoms with Gasteiger partial charge in [0.1, 0.15) is 12.4 Å². The number of rotatable bonds is 7. The molecular weight excluding hydrogens is 420 g/mol. The average Bonchev–Trinajstić information content (AvgIpc) is 3.14. The van der Waals surface area contributed by atoms with Gasteiger partial charge >= 0.3 is 18.0 Å². The summed E-state index contributed by atoms with van der Waals surface area (Å²) in [6.45, 7) is 6.78. The standard InChI is InChI=1S/C20H28N6O6/c1-20(2,3)9-32-19(31)24-13(18(29)30)8-26-11-23-14-15(21-10-22-16(14)26)25-6-4-12(5-7-25)17(27)28/h10-13H,4-9H2,1-3H3,(H,24,31)(H,27,28)(H,29,30)/t13-/m0/s1. The highest BCUT2D eigenvalue weighted by Gasteiger charge is 2.28. The molecule has 1 aliphatic heterocycles. The number of carbonyl (C=O) groups is 3. The summed E-state index contributed by atoms with van der Waals surface area (Å²) < 4.78 is 6.64. The van der Waals surface area contributed by atoms with E-state index in [0.29, 0.717) is 42.9 Å². The molecule has 1 atom stereocenters. The van der Waals surface area contributed by atoms with Crippen LogP contribution in [0.5, 0.6) is 0 Å². The van der Waals surface area contributed by atoms with Crippen molar-refractivity contribution < 1.29 is 29.3 Å². The van der Waals surface area contributed by atoms with Crippen molar-refractivity contribution in [1.82, 2.24) is 24.8 Å². The van der Waals surface area contributed by atoms with Gasteiger partial charge in [0.25, 0.3) is 0 Å². The number of aliphatic carboxylic acids is 2. The Morgan fingerprint density at radius 1 is 1.19 bits per heavy atom. The molecule has 0 aliphatic carbocycles. The first-order valence-corrected chi connectivity index (χ1v) is 10.3. The molecule has 0 unspecified atom stereocenters. The first-order chi connectivity index (χ1) is 15.0. The average molecular weight is 448 g/mol. The number of anilines is 1. The van der Waals surface area contributed by atoms with Gasteiger partial charge in [0, 0.05) is 13.1 Å². The van der Waals surface area contributed by atoms with Crippen LogP contribution in [0.15, 0.2) is 12.7 Å². The maximum atomic E-state index is 12.0. The monoisotopic (exact) mass is 448 g/mol. The van der Waals surface area contributed by atoms with Gasteiger partial charge in [-0.05, 0) is 18.3 Å². The lowest BCUT2D eigenvalue weighted by Gasteiger charge is -2.30. The second-order valence-electron chi connectivity index (χ2n) is 9.04. The van der Waals surface area contributed by atoms with Crippen molar-refractivity contribution in [2.75, 3.05) is 24.6 Å². The smallest absolute Gasteiger partial charge is 0.407 e. The molecular formula is C20H28N6O6. The van der Waals surface area contributed by atoms with Gasteiger partial charge in [0.05, 0.1) is 25.4 Å². The molecule has 0 saturated carbocycles. The number of nitrogens with zero attached hydrogens (tertiary/aromatic N) is 5. The number of hydrogen-bond acceptors (Lipinski definition) is 8. The molecule has 2 aromatic rings. The quantitative estimate of drug-likeness (QED) is 0.564. The molecule has 12 heteroatoms. The molecule has 0 spiro atoms. The highest BCUT2D eigenvalue weighted by Crippen LogP contribution is 2.26. The first-order valence-electron chi connectivity index (χ1n) is 10.3. The number of piperidine rings is 1. The summed E-state index contributed by atoms with van der Waals surface area (Å²) in [5.41, 5.74) is 0.662. The molecule has 3 heterocycles. The Bertz CT molecular complexity index is 992. The SMILES string of the molecule is CC(C)(C)COC(=O)N[C@@H](Cn1cnc2c(N3CCC(C(=O)O)CC3)ncnc21)C(=O)O. The number of hydrogen-bond donors (Lipinski definition) is 3. The summed E-state index contributed by atoms with van der Waals surface area (Å²) >= 11 is 0. The van der Waals surface area contributed by atoms with Crippen LogP contribution in [0.3, 0.4) is 0 Å². The van der Waals surface area contributed by atoms with Gasteiger partial charge in [-0.3, -0.25) is 4.79 Å². The lowest BCUT2D eigenvalue weighted by Crippen LogP contribution is -2.44. The molecule has 3 rings (SSSR count). The summed E-state index contributed by atoms with van der Waals surface area (Å²) in [6.07, 6.45) is 3.01. The number of carboxylic acids is 2. The van der Waals surface area contributed by atoms with Gasteiger partial charge in [-0.15, -0.1) is 0 Å². The third-order valence-corrected chi connectivity index (χ3v) is 5.13. The van der Waals surface area contributed by atoms with Crippen LogP contribution in [0.4, 0.5) is 10.6 Å². The Hall–Kier alpha value is -3.44. The Labute approximate surface area is 184 Å². The number of fused-ring (bicyclic) bond motifs is 1. The zero-order chi connectivity index (χ0) is 23.5. The summed E-state index contributed by atoms with van der Waals surface area (Å²) in [4.78, 5) is 49.8. The maximum absolute atomic E-state index is 12.0. The van der Waals surface area contributed by atoms with Gasteiger partial charge in [-0.1, -0.05) is 20.8 Å². The van der Waals surface area contributed by atoms with Crippen LogP contribution in [0.2, 0.25) is 0 Å². The zero-order valence-electron chi connectivity index (χ0n) is 18.3. The largest absolute Gasteiger partial charge is 0.481 e. The predicted molar refractivity (Wildman–Crippen MR) is 113 cm³/mol. The minimum absolute atomic E-state index is 0.103. The minimum atomic E-state index is -1.25. The number of aromatic nitrogens is 4. The van der Waals surface area contributed by atoms with E-state index >= 15 is 0 Å². The molecule has 3 N–H and O–H groups in total. The third kappa shape index (κ3) is 5.62. The number of imidazole rings is 1. The van der Waals surface area contributed by atoms with E-state index in [2.05, 4.69) is 20.3 Å². The van der Waals surface area contributed by atoms with Crippen molar-refractivity contribution in [1.29, 1.82) is 0 Å². The van der Waals surface area contributed by atoms with E-state index < -0.39 is 24.1 Å². The lowest BCUT2D eigenvalue weighted by molar-refractivity contribution is -0.142. The van der Waals surface area contributed by atoms with Gasteiger partial charge in [-0.2, -0.15) is 0 Å². The molecule has 12 nitrogen and oxygen atoms in total. The fourth-order valence-electron chi connectivity index (χ4n) is 3.42. The number of nitrogens with one attached hydrogen (secondary N) is 1. The maximum Gasteiger partial charge on any atom is 0.407 e. The van der Waals surface area contributed by atoms with E-state index in [1.54, 1.807) is 0 Å². The predicted octanol–water partition coefficient (Wildman–Crippen LogP) is 1.35. The van der Waals surface area contributed by atoms with Crippen molar-refractivity contribution in [2.45, 2.75) is 46.2 Å². The molecule has 1 saturated heterocycles. The van der Waals surface area contributed by atoms with E-state index in [0.717, 1.165) is 0 Å². The van der Waals surface area contributed by atoms with Crippen LogP contribution < -0.4 is 10.2 Å². The van der Waals surface area contributed by atoms with Gasteiger partial charge in [0.2, 0.25) is 0 Å². The lowest BCUT2D eigenvalue weighted by atomic mass is 9.97. The van der Waals surface area contributed by atoms with Crippen LogP contribution in [-0.4, -0.2) is 73.5 Å². The van der Waals surface area contributed by atoms with Crippen LogP contribution in [-0.2, 0) is 20.9 Å². The Balaban J connectivity index is 1.73. The van der Waals surface area contributed by atoms with Crippen molar-refractivity contribution in [3.8, 4) is 0 Å². The normalized spacial score (nSPS) is 16.0. The summed E-state index contributed by atoms with van der Waals surface area (Å²) in [6, 6.07) is -1.25. The summed E-state index contributed by atoms with van der Waals surface area (Å²) in [5.74, 6) is -1.82. The molecule has 32 heavy (non-hydrogen) atoms. The minimum Gasteiger partial charge on any atom is -0.481 e. The number of ether oxygens (including phenoxy) is 1. The summed E-state index contributed by atoms with van der Waals surface area (Å²) in [5, 5.41) is 21.1. The fraction of sp³-hybridized carbons (Fsp3) is 0.600. The Kier molecular flexibility index (Phi) is 6.80. The number of carboxylic acid groups (broad SMARTS) is 2. The molecule has 0 aromatic carbocycles. The van der Waals surface area contributed by atoms with Crippen LogP contribution in [0, 0.1) is 11.3 Å². The van der Waals surface area contributed by atoms with Crippen molar-refractivity contribution in [3.63, 3.8) is 0 Å². The zero-order valence-corrected chi connectivity index (χ0v) is 18.3. The van der Waals surface area contributed by atoms with Gasteiger partial charge in [-0.25, -0.2) is 24.5 Å². The molecule has 0 radical (unpaired) electrons. The Morgan fingerprint density at radius 3 is 2.47 bits per heavy atom. The van der Waals surface area contributed by atoms with Crippen LogP contribution in [0.1, 0.15) is 33.6 Å².